The van der Waals surface area contributed by atoms with Gasteiger partial charge in [0.25, 0.3) is 0 Å². The lowest BCUT2D eigenvalue weighted by Gasteiger charge is -2.27. The first-order valence-electron chi connectivity index (χ1n) is 11.1. The third-order valence-electron chi connectivity index (χ3n) is 6.45. The minimum Gasteiger partial charge on any atom is -0.342 e. The summed E-state index contributed by atoms with van der Waals surface area (Å²) in [5.74, 6) is 1.75. The number of hydrogen-bond donors (Lipinski definition) is 0. The Balaban J connectivity index is 1.31. The van der Waals surface area contributed by atoms with E-state index in [2.05, 4.69) is 40.1 Å². The van der Waals surface area contributed by atoms with Gasteiger partial charge in [0.15, 0.2) is 0 Å². The Morgan fingerprint density at radius 2 is 1.84 bits per heavy atom. The van der Waals surface area contributed by atoms with Crippen molar-refractivity contribution in [1.29, 1.82) is 0 Å². The molecule has 2 unspecified atom stereocenters. The molecular weight excluding hydrogens is 392 g/mol. The Morgan fingerprint density at radius 3 is 2.48 bits per heavy atom. The number of hydrogen-bond acceptors (Lipinski definition) is 6. The molecule has 0 saturated carbocycles. The van der Waals surface area contributed by atoms with Crippen molar-refractivity contribution in [3.63, 3.8) is 0 Å². The van der Waals surface area contributed by atoms with Gasteiger partial charge in [-0.05, 0) is 19.9 Å². The fourth-order valence-electron chi connectivity index (χ4n) is 4.84. The van der Waals surface area contributed by atoms with E-state index in [-0.39, 0.29) is 17.4 Å². The van der Waals surface area contributed by atoms with Crippen molar-refractivity contribution in [3.05, 3.63) is 24.4 Å². The van der Waals surface area contributed by atoms with Gasteiger partial charge in [-0.25, -0.2) is 0 Å². The highest BCUT2D eigenvalue weighted by Gasteiger charge is 2.44. The highest BCUT2D eigenvalue weighted by Crippen LogP contribution is 2.36. The second kappa shape index (κ2) is 7.07. The lowest BCUT2D eigenvalue weighted by molar-refractivity contribution is -0.138. The van der Waals surface area contributed by atoms with Crippen molar-refractivity contribution in [3.8, 4) is 11.4 Å². The molecule has 2 atom stereocenters. The lowest BCUT2D eigenvalue weighted by atomic mass is 9.95. The molecule has 0 bridgehead atoms. The van der Waals surface area contributed by atoms with Gasteiger partial charge in [-0.3, -0.25) is 9.48 Å². The van der Waals surface area contributed by atoms with Gasteiger partial charge in [-0.2, -0.15) is 10.1 Å². The Hall–Kier alpha value is -2.90. The van der Waals surface area contributed by atoms with Crippen LogP contribution in [0.15, 0.2) is 28.9 Å². The first-order valence-corrected chi connectivity index (χ1v) is 11.1. The van der Waals surface area contributed by atoms with E-state index in [1.54, 1.807) is 0 Å². The molecule has 0 radical (unpaired) electrons. The molecule has 2 aliphatic heterocycles. The van der Waals surface area contributed by atoms with Gasteiger partial charge in [-0.15, -0.1) is 0 Å². The van der Waals surface area contributed by atoms with E-state index in [4.69, 9.17) is 4.52 Å². The van der Waals surface area contributed by atoms with Crippen LogP contribution in [0.1, 0.15) is 40.7 Å². The summed E-state index contributed by atoms with van der Waals surface area (Å²) >= 11 is 0. The number of amides is 1. The van der Waals surface area contributed by atoms with Gasteiger partial charge in [-0.1, -0.05) is 38.1 Å². The third-order valence-corrected chi connectivity index (χ3v) is 6.45. The zero-order valence-corrected chi connectivity index (χ0v) is 18.9. The summed E-state index contributed by atoms with van der Waals surface area (Å²) in [6.07, 6.45) is 1.89. The SMILES string of the molecule is CC(C)n1ncc2ccc(-c3noc(N4CC5CN(C(=O)C(C)(C)C)CC5C4)n3)cc21. The maximum atomic E-state index is 12.6. The first kappa shape index (κ1) is 20.0. The molecule has 2 aliphatic rings. The molecule has 4 heterocycles. The quantitative estimate of drug-likeness (QED) is 0.641. The molecule has 8 nitrogen and oxygen atoms in total. The van der Waals surface area contributed by atoms with E-state index in [0.29, 0.717) is 23.7 Å². The zero-order chi connectivity index (χ0) is 21.9. The maximum absolute atomic E-state index is 12.6. The Labute approximate surface area is 182 Å². The predicted octanol–water partition coefficient (Wildman–Crippen LogP) is 3.61. The van der Waals surface area contributed by atoms with E-state index in [0.717, 1.165) is 42.6 Å². The maximum Gasteiger partial charge on any atom is 0.324 e. The third kappa shape index (κ3) is 3.47. The molecule has 31 heavy (non-hydrogen) atoms. The van der Waals surface area contributed by atoms with Crippen LogP contribution in [-0.2, 0) is 4.79 Å². The molecule has 2 aromatic heterocycles. The largest absolute Gasteiger partial charge is 0.342 e. The van der Waals surface area contributed by atoms with Crippen molar-refractivity contribution < 1.29 is 9.32 Å². The molecule has 2 fully saturated rings. The number of nitrogens with zero attached hydrogens (tertiary/aromatic N) is 6. The topological polar surface area (TPSA) is 80.3 Å². The molecule has 1 aromatic carbocycles. The Kier molecular flexibility index (Phi) is 4.57. The zero-order valence-electron chi connectivity index (χ0n) is 18.9. The molecule has 5 rings (SSSR count). The summed E-state index contributed by atoms with van der Waals surface area (Å²) < 4.78 is 7.64. The predicted molar refractivity (Wildman–Crippen MR) is 119 cm³/mol. The molecule has 1 amide bonds. The van der Waals surface area contributed by atoms with E-state index < -0.39 is 0 Å². The van der Waals surface area contributed by atoms with Crippen molar-refractivity contribution in [2.45, 2.75) is 40.7 Å². The van der Waals surface area contributed by atoms with Crippen molar-refractivity contribution >= 4 is 22.8 Å². The molecule has 8 heteroatoms. The van der Waals surface area contributed by atoms with Crippen molar-refractivity contribution in [2.75, 3.05) is 31.1 Å². The van der Waals surface area contributed by atoms with Crippen molar-refractivity contribution in [1.82, 2.24) is 24.8 Å². The normalized spacial score (nSPS) is 21.5. The number of carbonyl (C=O) groups is 1. The van der Waals surface area contributed by atoms with Crippen LogP contribution in [-0.4, -0.2) is 56.9 Å². The molecule has 164 valence electrons. The van der Waals surface area contributed by atoms with Crippen LogP contribution in [0.25, 0.3) is 22.3 Å². The number of carbonyl (C=O) groups excluding carboxylic acids is 1. The van der Waals surface area contributed by atoms with Crippen LogP contribution < -0.4 is 4.90 Å². The second-order valence-corrected chi connectivity index (χ2v) is 10.2. The van der Waals surface area contributed by atoms with Crippen LogP contribution in [0.2, 0.25) is 0 Å². The summed E-state index contributed by atoms with van der Waals surface area (Å²) in [6.45, 7) is 13.5. The Morgan fingerprint density at radius 1 is 1.13 bits per heavy atom. The number of fused-ring (bicyclic) bond motifs is 2. The number of rotatable bonds is 3. The standard InChI is InChI=1S/C23H30N6O2/c1-14(2)29-19-8-15(6-7-16(19)9-24-29)20-25-22(31-26-20)28-12-17-10-27(11-18(17)13-28)21(30)23(3,4)5/h6-9,14,17-18H,10-13H2,1-5H3. The number of aromatic nitrogens is 4. The molecule has 3 aromatic rings. The average Bonchev–Trinajstić information content (AvgIpc) is 3.46. The fraction of sp³-hybridized carbons (Fsp3) is 0.565. The molecule has 2 saturated heterocycles. The lowest BCUT2D eigenvalue weighted by Crippen LogP contribution is -2.40. The van der Waals surface area contributed by atoms with Crippen LogP contribution in [0.3, 0.4) is 0 Å². The van der Waals surface area contributed by atoms with E-state index in [1.807, 2.05) is 48.7 Å². The van der Waals surface area contributed by atoms with Gasteiger partial charge in [0.05, 0.1) is 11.7 Å². The minimum absolute atomic E-state index is 0.240. The second-order valence-electron chi connectivity index (χ2n) is 10.2. The highest BCUT2D eigenvalue weighted by atomic mass is 16.5. The van der Waals surface area contributed by atoms with Crippen LogP contribution in [0.5, 0.6) is 0 Å². The van der Waals surface area contributed by atoms with E-state index in [9.17, 15) is 4.79 Å². The van der Waals surface area contributed by atoms with Gasteiger partial charge >= 0.3 is 6.01 Å². The summed E-state index contributed by atoms with van der Waals surface area (Å²) in [7, 11) is 0. The number of likely N-dealkylation sites (tertiary alicyclic amines) is 1. The summed E-state index contributed by atoms with van der Waals surface area (Å²) in [5.41, 5.74) is 1.66. The van der Waals surface area contributed by atoms with Crippen LogP contribution >= 0.6 is 0 Å². The summed E-state index contributed by atoms with van der Waals surface area (Å²) in [4.78, 5) is 21.5. The molecular formula is C23H30N6O2. The first-order chi connectivity index (χ1) is 14.7. The van der Waals surface area contributed by atoms with Crippen LogP contribution in [0, 0.1) is 17.3 Å². The van der Waals surface area contributed by atoms with Gasteiger partial charge in [0.2, 0.25) is 11.7 Å². The smallest absolute Gasteiger partial charge is 0.324 e. The average molecular weight is 423 g/mol. The van der Waals surface area contributed by atoms with Crippen LogP contribution in [0.4, 0.5) is 6.01 Å². The van der Waals surface area contributed by atoms with Crippen molar-refractivity contribution in [2.24, 2.45) is 17.3 Å². The molecule has 0 spiro atoms. The van der Waals surface area contributed by atoms with Gasteiger partial charge < -0.3 is 14.3 Å². The molecule has 0 aliphatic carbocycles. The monoisotopic (exact) mass is 422 g/mol. The molecule has 0 N–H and O–H groups in total. The number of benzene rings is 1. The summed E-state index contributed by atoms with van der Waals surface area (Å²) in [5, 5.41) is 9.82. The van der Waals surface area contributed by atoms with E-state index >= 15 is 0 Å². The van der Waals surface area contributed by atoms with Gasteiger partial charge in [0, 0.05) is 60.4 Å². The Bertz CT molecular complexity index is 1110. The summed E-state index contributed by atoms with van der Waals surface area (Å²) in [6, 6.07) is 6.98. The highest BCUT2D eigenvalue weighted by molar-refractivity contribution is 5.83. The van der Waals surface area contributed by atoms with E-state index in [1.165, 1.54) is 0 Å². The fourth-order valence-corrected chi connectivity index (χ4v) is 4.84. The van der Waals surface area contributed by atoms with Gasteiger partial charge in [0.1, 0.15) is 0 Å². The number of anilines is 1. The minimum atomic E-state index is -0.328.